The van der Waals surface area contributed by atoms with Gasteiger partial charge in [-0.05, 0) is 53.4 Å². The molecule has 0 aliphatic rings. The average Bonchev–Trinajstić information content (AvgIpc) is 2.93. The molecule has 0 saturated heterocycles. The van der Waals surface area contributed by atoms with Gasteiger partial charge >= 0.3 is 0 Å². The van der Waals surface area contributed by atoms with Crippen LogP contribution in [-0.4, -0.2) is 22.8 Å². The molecule has 2 amide bonds. The minimum atomic E-state index is -0.710. The number of halogens is 2. The molecule has 0 fully saturated rings. The monoisotopic (exact) mass is 544 g/mol. The molecule has 0 bridgehead atoms. The third-order valence-corrected chi connectivity index (χ3v) is 6.90. The number of hydrogen-bond donors (Lipinski definition) is 1. The van der Waals surface area contributed by atoms with E-state index in [2.05, 4.69) is 5.32 Å². The Morgan fingerprint density at radius 2 is 1.26 bits per heavy atom. The van der Waals surface area contributed by atoms with Crippen molar-refractivity contribution in [1.82, 2.24) is 10.2 Å². The van der Waals surface area contributed by atoms with Crippen molar-refractivity contribution in [1.29, 1.82) is 0 Å². The van der Waals surface area contributed by atoms with Crippen LogP contribution in [0.2, 0.25) is 10.0 Å². The molecule has 1 atom stereocenters. The van der Waals surface area contributed by atoms with E-state index in [1.54, 1.807) is 29.2 Å². The summed E-state index contributed by atoms with van der Waals surface area (Å²) in [5.41, 5.74) is 4.86. The zero-order valence-electron chi connectivity index (χ0n) is 21.2. The van der Waals surface area contributed by atoms with Gasteiger partial charge in [-0.3, -0.25) is 9.59 Å². The summed E-state index contributed by atoms with van der Waals surface area (Å²) in [6, 6.07) is 31.7. The third kappa shape index (κ3) is 7.95. The standard InChI is InChI=1S/C32H30Cl2N2O2/c1-23-7-9-26(10-8-23)21-35-32(38)30(19-24-5-3-2-4-6-24)36(22-27-13-17-29(34)18-14-27)31(37)20-25-11-15-28(33)16-12-25/h2-18,30H,19-22H2,1H3,(H,35,38)/t30-/m1/s1. The molecule has 6 heteroatoms. The summed E-state index contributed by atoms with van der Waals surface area (Å²) in [5, 5.41) is 4.29. The summed E-state index contributed by atoms with van der Waals surface area (Å²) in [5.74, 6) is -0.346. The van der Waals surface area contributed by atoms with Crippen molar-refractivity contribution in [2.24, 2.45) is 0 Å². The van der Waals surface area contributed by atoms with Gasteiger partial charge in [0.05, 0.1) is 6.42 Å². The molecular weight excluding hydrogens is 515 g/mol. The fraction of sp³-hybridized carbons (Fsp3) is 0.188. The molecule has 0 radical (unpaired) electrons. The van der Waals surface area contributed by atoms with E-state index in [1.165, 1.54) is 0 Å². The minimum Gasteiger partial charge on any atom is -0.350 e. The quantitative estimate of drug-likeness (QED) is 0.238. The summed E-state index contributed by atoms with van der Waals surface area (Å²) < 4.78 is 0. The lowest BCUT2D eigenvalue weighted by Crippen LogP contribution is -2.50. The first-order valence-corrected chi connectivity index (χ1v) is 13.3. The summed E-state index contributed by atoms with van der Waals surface area (Å²) in [4.78, 5) is 29.2. The van der Waals surface area contributed by atoms with Crippen LogP contribution in [-0.2, 0) is 35.5 Å². The van der Waals surface area contributed by atoms with Crippen LogP contribution in [0.15, 0.2) is 103 Å². The van der Waals surface area contributed by atoms with Crippen LogP contribution in [0.25, 0.3) is 0 Å². The van der Waals surface area contributed by atoms with Crippen LogP contribution in [0, 0.1) is 6.92 Å². The molecule has 38 heavy (non-hydrogen) atoms. The van der Waals surface area contributed by atoms with Gasteiger partial charge in [-0.15, -0.1) is 0 Å². The van der Waals surface area contributed by atoms with Crippen molar-refractivity contribution in [3.8, 4) is 0 Å². The Bertz CT molecular complexity index is 1340. The molecule has 0 aromatic heterocycles. The Kier molecular flexibility index (Phi) is 9.58. The predicted octanol–water partition coefficient (Wildman–Crippen LogP) is 6.80. The van der Waals surface area contributed by atoms with Crippen LogP contribution >= 0.6 is 23.2 Å². The fourth-order valence-electron chi connectivity index (χ4n) is 4.23. The number of rotatable bonds is 10. The lowest BCUT2D eigenvalue weighted by atomic mass is 10.0. The van der Waals surface area contributed by atoms with E-state index in [1.807, 2.05) is 85.8 Å². The van der Waals surface area contributed by atoms with Crippen molar-refractivity contribution in [2.45, 2.75) is 38.9 Å². The highest BCUT2D eigenvalue weighted by molar-refractivity contribution is 6.30. The second kappa shape index (κ2) is 13.3. The topological polar surface area (TPSA) is 49.4 Å². The van der Waals surface area contributed by atoms with Gasteiger partial charge in [0, 0.05) is 29.6 Å². The molecule has 0 aliphatic carbocycles. The van der Waals surface area contributed by atoms with Gasteiger partial charge in [-0.2, -0.15) is 0 Å². The van der Waals surface area contributed by atoms with E-state index in [-0.39, 0.29) is 24.8 Å². The number of benzene rings is 4. The molecule has 0 saturated carbocycles. The van der Waals surface area contributed by atoms with Gasteiger partial charge in [-0.25, -0.2) is 0 Å². The second-order valence-electron chi connectivity index (χ2n) is 9.36. The van der Waals surface area contributed by atoms with Crippen molar-refractivity contribution >= 4 is 35.0 Å². The van der Waals surface area contributed by atoms with Crippen molar-refractivity contribution in [3.63, 3.8) is 0 Å². The first-order chi connectivity index (χ1) is 18.4. The molecule has 4 rings (SSSR count). The van der Waals surface area contributed by atoms with Gasteiger partial charge in [-0.1, -0.05) is 108 Å². The lowest BCUT2D eigenvalue weighted by molar-refractivity contribution is -0.140. The fourth-order valence-corrected chi connectivity index (χ4v) is 4.48. The maximum atomic E-state index is 13.8. The Hall–Kier alpha value is -3.60. The van der Waals surface area contributed by atoms with Crippen LogP contribution in [0.1, 0.15) is 27.8 Å². The highest BCUT2D eigenvalue weighted by atomic mass is 35.5. The number of nitrogens with zero attached hydrogens (tertiary/aromatic N) is 1. The normalized spacial score (nSPS) is 11.6. The number of hydrogen-bond acceptors (Lipinski definition) is 2. The van der Waals surface area contributed by atoms with Crippen LogP contribution in [0.5, 0.6) is 0 Å². The largest absolute Gasteiger partial charge is 0.350 e. The first-order valence-electron chi connectivity index (χ1n) is 12.5. The molecule has 4 aromatic rings. The molecular formula is C32H30Cl2N2O2. The predicted molar refractivity (Wildman–Crippen MR) is 154 cm³/mol. The van der Waals surface area contributed by atoms with Gasteiger partial charge in [0.1, 0.15) is 6.04 Å². The molecule has 0 heterocycles. The van der Waals surface area contributed by atoms with Gasteiger partial charge < -0.3 is 10.2 Å². The van der Waals surface area contributed by atoms with Crippen molar-refractivity contribution < 1.29 is 9.59 Å². The number of aryl methyl sites for hydroxylation is 1. The highest BCUT2D eigenvalue weighted by Crippen LogP contribution is 2.19. The van der Waals surface area contributed by atoms with Crippen molar-refractivity contribution in [3.05, 3.63) is 141 Å². The molecule has 0 spiro atoms. The molecule has 4 nitrogen and oxygen atoms in total. The molecule has 1 N–H and O–H groups in total. The van der Waals surface area contributed by atoms with E-state index in [9.17, 15) is 9.59 Å². The Balaban J connectivity index is 1.63. The SMILES string of the molecule is Cc1ccc(CNC(=O)[C@@H](Cc2ccccc2)N(Cc2ccc(Cl)cc2)C(=O)Cc2ccc(Cl)cc2)cc1. The van der Waals surface area contributed by atoms with E-state index < -0.39 is 6.04 Å². The average molecular weight is 546 g/mol. The summed E-state index contributed by atoms with van der Waals surface area (Å²) in [6.07, 6.45) is 0.543. The Labute approximate surface area is 234 Å². The number of carbonyl (C=O) groups excluding carboxylic acids is 2. The van der Waals surface area contributed by atoms with E-state index in [0.717, 1.165) is 27.8 Å². The molecule has 0 aliphatic heterocycles. The number of carbonyl (C=O) groups is 2. The van der Waals surface area contributed by atoms with Crippen LogP contribution < -0.4 is 5.32 Å². The smallest absolute Gasteiger partial charge is 0.243 e. The van der Waals surface area contributed by atoms with Crippen LogP contribution in [0.3, 0.4) is 0 Å². The van der Waals surface area contributed by atoms with E-state index in [0.29, 0.717) is 23.0 Å². The maximum absolute atomic E-state index is 13.8. The van der Waals surface area contributed by atoms with Crippen molar-refractivity contribution in [2.75, 3.05) is 0 Å². The van der Waals surface area contributed by atoms with Gasteiger partial charge in [0.15, 0.2) is 0 Å². The summed E-state index contributed by atoms with van der Waals surface area (Å²) in [6.45, 7) is 2.68. The second-order valence-corrected chi connectivity index (χ2v) is 10.2. The summed E-state index contributed by atoms with van der Waals surface area (Å²) in [7, 11) is 0. The molecule has 4 aromatic carbocycles. The lowest BCUT2D eigenvalue weighted by Gasteiger charge is -2.32. The number of nitrogens with one attached hydrogen (secondary N) is 1. The van der Waals surface area contributed by atoms with Gasteiger partial charge in [0.25, 0.3) is 0 Å². The molecule has 0 unspecified atom stereocenters. The molecule has 194 valence electrons. The maximum Gasteiger partial charge on any atom is 0.243 e. The Morgan fingerprint density at radius 1 is 0.711 bits per heavy atom. The zero-order valence-corrected chi connectivity index (χ0v) is 22.8. The first kappa shape index (κ1) is 27.4. The van der Waals surface area contributed by atoms with E-state index >= 15 is 0 Å². The number of amides is 2. The zero-order chi connectivity index (χ0) is 26.9. The highest BCUT2D eigenvalue weighted by Gasteiger charge is 2.30. The minimum absolute atomic E-state index is 0.145. The third-order valence-electron chi connectivity index (χ3n) is 6.39. The summed E-state index contributed by atoms with van der Waals surface area (Å²) >= 11 is 12.2. The van der Waals surface area contributed by atoms with Gasteiger partial charge in [0.2, 0.25) is 11.8 Å². The van der Waals surface area contributed by atoms with Crippen LogP contribution in [0.4, 0.5) is 0 Å². The Morgan fingerprint density at radius 3 is 1.87 bits per heavy atom. The van der Waals surface area contributed by atoms with E-state index in [4.69, 9.17) is 23.2 Å².